The van der Waals surface area contributed by atoms with Crippen molar-refractivity contribution in [1.29, 1.82) is 0 Å². The summed E-state index contributed by atoms with van der Waals surface area (Å²) < 4.78 is 22.6. The first-order valence-corrected chi connectivity index (χ1v) is 12.2. The molecule has 2 aliphatic rings. The van der Waals surface area contributed by atoms with Crippen molar-refractivity contribution >= 4 is 22.7 Å². The molecule has 1 N–H and O–H groups in total. The topological polar surface area (TPSA) is 78.9 Å². The molecule has 186 valence electrons. The van der Waals surface area contributed by atoms with Crippen LogP contribution in [0.1, 0.15) is 29.0 Å². The molecule has 7 nitrogen and oxygen atoms in total. The number of nitrogens with one attached hydrogen (secondary N) is 1. The molecule has 0 saturated heterocycles. The Labute approximate surface area is 214 Å². The first kappa shape index (κ1) is 22.9. The van der Waals surface area contributed by atoms with Gasteiger partial charge in [-0.05, 0) is 59.7 Å². The molecule has 3 aromatic carbocycles. The Bertz CT molecular complexity index is 1520. The van der Waals surface area contributed by atoms with Crippen molar-refractivity contribution in [2.24, 2.45) is 5.92 Å². The van der Waals surface area contributed by atoms with E-state index in [9.17, 15) is 4.79 Å². The van der Waals surface area contributed by atoms with Gasteiger partial charge in [0.05, 0.1) is 19.7 Å². The number of carbonyl (C=O) groups excluding carboxylic acids is 1. The number of fused-ring (bicyclic) bond motifs is 4. The number of pyridine rings is 1. The van der Waals surface area contributed by atoms with E-state index < -0.39 is 6.09 Å². The highest BCUT2D eigenvalue weighted by Crippen LogP contribution is 2.55. The average Bonchev–Trinajstić information content (AvgIpc) is 3.72. The van der Waals surface area contributed by atoms with Crippen LogP contribution in [0.25, 0.3) is 16.6 Å². The number of rotatable bonds is 7. The van der Waals surface area contributed by atoms with E-state index in [0.717, 1.165) is 39.9 Å². The Balaban J connectivity index is 1.22. The van der Waals surface area contributed by atoms with Crippen LogP contribution in [0.15, 0.2) is 79.0 Å². The number of amides is 1. The average molecular weight is 495 g/mol. The number of allylic oxidation sites excluding steroid dienone is 1. The Morgan fingerprint density at radius 1 is 0.973 bits per heavy atom. The maximum absolute atomic E-state index is 12.5. The number of benzene rings is 3. The van der Waals surface area contributed by atoms with Gasteiger partial charge in [0.1, 0.15) is 18.1 Å². The second-order valence-electron chi connectivity index (χ2n) is 9.16. The normalized spacial score (nSPS) is 17.2. The van der Waals surface area contributed by atoms with E-state index in [2.05, 4.69) is 22.4 Å². The van der Waals surface area contributed by atoms with Gasteiger partial charge < -0.3 is 18.9 Å². The monoisotopic (exact) mass is 494 g/mol. The van der Waals surface area contributed by atoms with E-state index in [4.69, 9.17) is 18.9 Å². The van der Waals surface area contributed by atoms with Crippen molar-refractivity contribution in [3.63, 3.8) is 0 Å². The predicted molar refractivity (Wildman–Crippen MR) is 140 cm³/mol. The van der Waals surface area contributed by atoms with Gasteiger partial charge in [-0.3, -0.25) is 10.3 Å². The minimum atomic E-state index is -0.465. The Morgan fingerprint density at radius 3 is 2.59 bits per heavy atom. The van der Waals surface area contributed by atoms with Gasteiger partial charge in [-0.2, -0.15) is 0 Å². The van der Waals surface area contributed by atoms with Crippen LogP contribution in [0.2, 0.25) is 0 Å². The summed E-state index contributed by atoms with van der Waals surface area (Å²) in [5.41, 5.74) is 4.64. The molecule has 1 heterocycles. The van der Waals surface area contributed by atoms with Crippen LogP contribution in [-0.4, -0.2) is 25.3 Å². The molecule has 0 bridgehead atoms. The number of carbonyl (C=O) groups is 1. The van der Waals surface area contributed by atoms with Crippen molar-refractivity contribution in [1.82, 2.24) is 10.3 Å². The molecule has 2 unspecified atom stereocenters. The summed E-state index contributed by atoms with van der Waals surface area (Å²) >= 11 is 0. The fraction of sp³-hybridized carbons (Fsp3) is 0.200. The Morgan fingerprint density at radius 2 is 1.78 bits per heavy atom. The molecular formula is C30H26N2O5. The van der Waals surface area contributed by atoms with E-state index in [1.54, 1.807) is 20.4 Å². The molecule has 1 fully saturated rings. The predicted octanol–water partition coefficient (Wildman–Crippen LogP) is 6.43. The number of aromatic nitrogens is 1. The molecule has 1 aromatic heterocycles. The summed E-state index contributed by atoms with van der Waals surface area (Å²) in [6.07, 6.45) is 4.43. The molecule has 4 aromatic rings. The number of hydrogen-bond acceptors (Lipinski definition) is 6. The van der Waals surface area contributed by atoms with Gasteiger partial charge in [-0.25, -0.2) is 4.79 Å². The molecule has 2 atom stereocenters. The fourth-order valence-corrected chi connectivity index (χ4v) is 4.86. The highest BCUT2D eigenvalue weighted by Gasteiger charge is 2.42. The van der Waals surface area contributed by atoms with E-state index in [1.165, 1.54) is 5.56 Å². The summed E-state index contributed by atoms with van der Waals surface area (Å²) in [7, 11) is 3.20. The second kappa shape index (κ2) is 9.50. The van der Waals surface area contributed by atoms with Crippen LogP contribution < -0.4 is 19.5 Å². The van der Waals surface area contributed by atoms with Gasteiger partial charge in [0.2, 0.25) is 0 Å². The maximum Gasteiger partial charge on any atom is 0.411 e. The zero-order chi connectivity index (χ0) is 25.4. The third kappa shape index (κ3) is 4.56. The Kier molecular flexibility index (Phi) is 5.88. The van der Waals surface area contributed by atoms with Crippen molar-refractivity contribution in [3.05, 3.63) is 95.7 Å². The SMILES string of the molecule is COc1cc2nccc(Oc3ccc4c(c3)C3CC3C=C4NC(=O)OCc3ccccc3)c2cc1OC. The molecule has 0 radical (unpaired) electrons. The quantitative estimate of drug-likeness (QED) is 0.319. The van der Waals surface area contributed by atoms with Gasteiger partial charge in [0.15, 0.2) is 11.5 Å². The third-order valence-corrected chi connectivity index (χ3v) is 6.82. The van der Waals surface area contributed by atoms with Crippen molar-refractivity contribution in [3.8, 4) is 23.0 Å². The maximum atomic E-state index is 12.5. The highest BCUT2D eigenvalue weighted by molar-refractivity contribution is 5.88. The number of ether oxygens (including phenoxy) is 4. The molecule has 6 rings (SSSR count). The molecule has 37 heavy (non-hydrogen) atoms. The first-order valence-electron chi connectivity index (χ1n) is 12.2. The van der Waals surface area contributed by atoms with E-state index in [-0.39, 0.29) is 6.61 Å². The zero-order valence-electron chi connectivity index (χ0n) is 20.6. The van der Waals surface area contributed by atoms with Gasteiger partial charge in [0, 0.05) is 28.9 Å². The number of alkyl carbamates (subject to hydrolysis) is 1. The molecule has 0 aliphatic heterocycles. The fourth-order valence-electron chi connectivity index (χ4n) is 4.86. The highest BCUT2D eigenvalue weighted by atomic mass is 16.5. The number of methoxy groups -OCH3 is 2. The minimum absolute atomic E-state index is 0.224. The lowest BCUT2D eigenvalue weighted by atomic mass is 9.94. The van der Waals surface area contributed by atoms with Crippen molar-refractivity contribution in [2.45, 2.75) is 18.9 Å². The van der Waals surface area contributed by atoms with Crippen LogP contribution in [0.4, 0.5) is 4.79 Å². The summed E-state index contributed by atoms with van der Waals surface area (Å²) in [5.74, 6) is 3.46. The van der Waals surface area contributed by atoms with Gasteiger partial charge in [0.25, 0.3) is 0 Å². The molecule has 1 saturated carbocycles. The summed E-state index contributed by atoms with van der Waals surface area (Å²) in [6, 6.07) is 21.2. The summed E-state index contributed by atoms with van der Waals surface area (Å²) in [5, 5.41) is 3.77. The number of nitrogens with zero attached hydrogens (tertiary/aromatic N) is 1. The lowest BCUT2D eigenvalue weighted by molar-refractivity contribution is 0.144. The zero-order valence-corrected chi connectivity index (χ0v) is 20.6. The molecule has 1 amide bonds. The molecule has 0 spiro atoms. The second-order valence-corrected chi connectivity index (χ2v) is 9.16. The van der Waals surface area contributed by atoms with Crippen LogP contribution >= 0.6 is 0 Å². The Hall–Kier alpha value is -4.52. The third-order valence-electron chi connectivity index (χ3n) is 6.82. The van der Waals surface area contributed by atoms with Gasteiger partial charge in [-0.1, -0.05) is 36.4 Å². The first-order chi connectivity index (χ1) is 18.1. The van der Waals surface area contributed by atoms with Crippen LogP contribution in [0.5, 0.6) is 23.0 Å². The minimum Gasteiger partial charge on any atom is -0.493 e. The van der Waals surface area contributed by atoms with Crippen LogP contribution in [0.3, 0.4) is 0 Å². The van der Waals surface area contributed by atoms with Crippen molar-refractivity contribution < 1.29 is 23.7 Å². The molecular weight excluding hydrogens is 468 g/mol. The number of hydrogen-bond donors (Lipinski definition) is 1. The van der Waals surface area contributed by atoms with Crippen molar-refractivity contribution in [2.75, 3.05) is 14.2 Å². The molecule has 2 aliphatic carbocycles. The van der Waals surface area contributed by atoms with E-state index in [0.29, 0.717) is 29.1 Å². The van der Waals surface area contributed by atoms with Gasteiger partial charge in [-0.15, -0.1) is 0 Å². The lowest BCUT2D eigenvalue weighted by Crippen LogP contribution is -2.24. The lowest BCUT2D eigenvalue weighted by Gasteiger charge is -2.19. The largest absolute Gasteiger partial charge is 0.493 e. The standard InChI is InChI=1S/C30H26N2O5/c1-34-28-15-24-25(16-29(28)35-2)31-11-10-27(24)37-20-8-9-21-23(14-20)22-12-19(22)13-26(21)32-30(33)36-17-18-6-4-3-5-7-18/h3-11,13-16,19,22H,12,17H2,1-2H3,(H,32,33). The van der Waals surface area contributed by atoms with Crippen LogP contribution in [0, 0.1) is 5.92 Å². The van der Waals surface area contributed by atoms with E-state index in [1.807, 2.05) is 60.7 Å². The molecule has 7 heteroatoms. The van der Waals surface area contributed by atoms with E-state index >= 15 is 0 Å². The van der Waals surface area contributed by atoms with Crippen LogP contribution in [-0.2, 0) is 11.3 Å². The summed E-state index contributed by atoms with van der Waals surface area (Å²) in [4.78, 5) is 17.0. The smallest absolute Gasteiger partial charge is 0.411 e. The van der Waals surface area contributed by atoms with Gasteiger partial charge >= 0.3 is 6.09 Å². The summed E-state index contributed by atoms with van der Waals surface area (Å²) in [6.45, 7) is 0.224.